The Bertz CT molecular complexity index is 42.1. The molecule has 0 saturated carbocycles. The van der Waals surface area contributed by atoms with Crippen molar-refractivity contribution < 1.29 is 0 Å². The van der Waals surface area contributed by atoms with Gasteiger partial charge in [-0.25, -0.2) is 0 Å². The molecule has 44 valence electrons. The first-order valence-corrected chi connectivity index (χ1v) is 6.17. The molecule has 0 aliphatic carbocycles. The van der Waals surface area contributed by atoms with E-state index in [1.165, 1.54) is 6.42 Å². The Morgan fingerprint density at radius 1 is 1.43 bits per heavy atom. The standard InChI is InChI=1S/C6H14Te/c1-5-6(2,3)7-4/h5H2,1-4H3. The van der Waals surface area contributed by atoms with E-state index in [0.717, 1.165) is 0 Å². The van der Waals surface area contributed by atoms with E-state index in [1.807, 2.05) is 0 Å². The van der Waals surface area contributed by atoms with Gasteiger partial charge in [-0.2, -0.15) is 0 Å². The van der Waals surface area contributed by atoms with Crippen LogP contribution in [0.25, 0.3) is 0 Å². The Balaban J connectivity index is 3.36. The predicted octanol–water partition coefficient (Wildman–Crippen LogP) is 2.35. The molecule has 0 heterocycles. The first kappa shape index (κ1) is 7.79. The molecular weight excluding hydrogens is 200 g/mol. The summed E-state index contributed by atoms with van der Waals surface area (Å²) in [4.78, 5) is 2.37. The van der Waals surface area contributed by atoms with Crippen molar-refractivity contribution in [3.05, 3.63) is 0 Å². The summed E-state index contributed by atoms with van der Waals surface area (Å²) < 4.78 is 0.713. The second-order valence-electron chi connectivity index (χ2n) is 2.32. The summed E-state index contributed by atoms with van der Waals surface area (Å²) >= 11 is 0.309. The van der Waals surface area contributed by atoms with Crippen molar-refractivity contribution in [2.45, 2.75) is 35.6 Å². The average molecular weight is 214 g/mol. The average Bonchev–Trinajstić information content (AvgIpc) is 1.68. The molecule has 0 nitrogen and oxygen atoms in total. The van der Waals surface area contributed by atoms with Gasteiger partial charge in [-0.3, -0.25) is 0 Å². The third kappa shape index (κ3) is 3.38. The predicted molar refractivity (Wildman–Crippen MR) is 35.9 cm³/mol. The third-order valence-electron chi connectivity index (χ3n) is 1.40. The Labute approximate surface area is 56.8 Å². The quantitative estimate of drug-likeness (QED) is 0.618. The fraction of sp³-hybridized carbons (Fsp3) is 1.00. The van der Waals surface area contributed by atoms with Gasteiger partial charge in [-0.05, 0) is 0 Å². The molecule has 0 N–H and O–H groups in total. The second kappa shape index (κ2) is 2.95. The SMILES string of the molecule is CCC(C)(C)[Te]C. The maximum absolute atomic E-state index is 2.37. The van der Waals surface area contributed by atoms with Gasteiger partial charge in [0, 0.05) is 0 Å². The van der Waals surface area contributed by atoms with Crippen molar-refractivity contribution >= 4 is 20.9 Å². The zero-order valence-corrected chi connectivity index (χ0v) is 7.95. The topological polar surface area (TPSA) is 0 Å². The molecule has 7 heavy (non-hydrogen) atoms. The van der Waals surface area contributed by atoms with Gasteiger partial charge in [0.25, 0.3) is 0 Å². The Hall–Kier alpha value is 0.790. The van der Waals surface area contributed by atoms with Gasteiger partial charge in [0.05, 0.1) is 0 Å². The van der Waals surface area contributed by atoms with Crippen molar-refractivity contribution in [2.75, 3.05) is 0 Å². The van der Waals surface area contributed by atoms with Gasteiger partial charge < -0.3 is 0 Å². The first-order chi connectivity index (χ1) is 3.12. The molecule has 0 rings (SSSR count). The molecule has 0 radical (unpaired) electrons. The molecule has 1 heteroatoms. The van der Waals surface area contributed by atoms with Crippen molar-refractivity contribution in [2.24, 2.45) is 0 Å². The molecule has 0 aromatic carbocycles. The van der Waals surface area contributed by atoms with E-state index in [0.29, 0.717) is 24.4 Å². The van der Waals surface area contributed by atoms with Crippen LogP contribution in [0.2, 0.25) is 8.43 Å². The summed E-state index contributed by atoms with van der Waals surface area (Å²) in [6.07, 6.45) is 1.35. The van der Waals surface area contributed by atoms with E-state index in [2.05, 4.69) is 25.7 Å². The summed E-state index contributed by atoms with van der Waals surface area (Å²) in [7, 11) is 0. The van der Waals surface area contributed by atoms with Crippen molar-refractivity contribution in [1.82, 2.24) is 0 Å². The number of rotatable bonds is 2. The Kier molecular flexibility index (Phi) is 3.28. The van der Waals surface area contributed by atoms with Crippen LogP contribution in [-0.2, 0) is 0 Å². The van der Waals surface area contributed by atoms with E-state index in [-0.39, 0.29) is 0 Å². The van der Waals surface area contributed by atoms with Crippen LogP contribution in [-0.4, -0.2) is 20.9 Å². The second-order valence-corrected chi connectivity index (χ2v) is 6.64. The zero-order valence-electron chi connectivity index (χ0n) is 5.62. The van der Waals surface area contributed by atoms with E-state index in [1.54, 1.807) is 0 Å². The summed E-state index contributed by atoms with van der Waals surface area (Å²) in [6.45, 7) is 6.98. The summed E-state index contributed by atoms with van der Waals surface area (Å²) in [5.41, 5.74) is 0. The van der Waals surface area contributed by atoms with Gasteiger partial charge in [0.2, 0.25) is 0 Å². The summed E-state index contributed by atoms with van der Waals surface area (Å²) in [5, 5.41) is 0. The van der Waals surface area contributed by atoms with Gasteiger partial charge in [0.1, 0.15) is 0 Å². The number of hydrogen-bond donors (Lipinski definition) is 0. The summed E-state index contributed by atoms with van der Waals surface area (Å²) in [6, 6.07) is 0. The van der Waals surface area contributed by atoms with Crippen LogP contribution in [0.4, 0.5) is 0 Å². The normalized spacial score (nSPS) is 12.0. The van der Waals surface area contributed by atoms with Crippen molar-refractivity contribution in [3.63, 3.8) is 0 Å². The molecule has 0 atom stereocenters. The Morgan fingerprint density at radius 2 is 1.86 bits per heavy atom. The van der Waals surface area contributed by atoms with Crippen LogP contribution in [0.15, 0.2) is 0 Å². The van der Waals surface area contributed by atoms with Gasteiger partial charge >= 0.3 is 56.5 Å². The monoisotopic (exact) mass is 216 g/mol. The molecular formula is C6H14Te. The third-order valence-corrected chi connectivity index (χ3v) is 5.38. The molecule has 0 spiro atoms. The molecule has 0 unspecified atom stereocenters. The summed E-state index contributed by atoms with van der Waals surface area (Å²) in [5.74, 6) is 0. The maximum atomic E-state index is 2.37. The number of hydrogen-bond acceptors (Lipinski definition) is 0. The molecule has 0 aliphatic rings. The van der Waals surface area contributed by atoms with Gasteiger partial charge in [0.15, 0.2) is 0 Å². The van der Waals surface area contributed by atoms with Crippen molar-refractivity contribution in [1.29, 1.82) is 0 Å². The van der Waals surface area contributed by atoms with Gasteiger partial charge in [-0.1, -0.05) is 0 Å². The first-order valence-electron chi connectivity index (χ1n) is 2.67. The van der Waals surface area contributed by atoms with Crippen molar-refractivity contribution in [3.8, 4) is 0 Å². The zero-order chi connectivity index (χ0) is 5.91. The van der Waals surface area contributed by atoms with Gasteiger partial charge in [-0.15, -0.1) is 0 Å². The fourth-order valence-electron chi connectivity index (χ4n) is 0.144. The van der Waals surface area contributed by atoms with Crippen LogP contribution < -0.4 is 0 Å². The molecule has 0 amide bonds. The minimum atomic E-state index is 0.309. The molecule has 0 bridgehead atoms. The van der Waals surface area contributed by atoms with Crippen LogP contribution in [0.5, 0.6) is 0 Å². The van der Waals surface area contributed by atoms with E-state index in [9.17, 15) is 0 Å². The van der Waals surface area contributed by atoms with Crippen LogP contribution in [0.1, 0.15) is 27.2 Å². The minimum absolute atomic E-state index is 0.309. The van der Waals surface area contributed by atoms with E-state index < -0.39 is 0 Å². The Morgan fingerprint density at radius 3 is 1.86 bits per heavy atom. The van der Waals surface area contributed by atoms with E-state index >= 15 is 0 Å². The van der Waals surface area contributed by atoms with Crippen LogP contribution >= 0.6 is 0 Å². The molecule has 0 aliphatic heterocycles. The molecule has 0 aromatic rings. The molecule has 0 fully saturated rings. The van der Waals surface area contributed by atoms with Crippen LogP contribution in [0, 0.1) is 0 Å². The molecule has 0 aromatic heterocycles. The molecule has 0 saturated heterocycles. The van der Waals surface area contributed by atoms with Crippen LogP contribution in [0.3, 0.4) is 0 Å². The van der Waals surface area contributed by atoms with E-state index in [4.69, 9.17) is 0 Å². The fourth-order valence-corrected chi connectivity index (χ4v) is 0.968.